The summed E-state index contributed by atoms with van der Waals surface area (Å²) in [5.41, 5.74) is 2.44. The Morgan fingerprint density at radius 1 is 1.26 bits per heavy atom. The van der Waals surface area contributed by atoms with Crippen molar-refractivity contribution in [3.63, 3.8) is 0 Å². The van der Waals surface area contributed by atoms with Gasteiger partial charge in [0.05, 0.1) is 4.21 Å². The summed E-state index contributed by atoms with van der Waals surface area (Å²) in [5, 5.41) is 6.65. The second-order valence-corrected chi connectivity index (χ2v) is 5.59. The predicted molar refractivity (Wildman–Crippen MR) is 73.2 cm³/mol. The number of thiophene rings is 1. The van der Waals surface area contributed by atoms with Crippen molar-refractivity contribution < 1.29 is 0 Å². The van der Waals surface area contributed by atoms with Gasteiger partial charge in [-0.2, -0.15) is 20.1 Å². The van der Waals surface area contributed by atoms with Crippen LogP contribution in [-0.2, 0) is 0 Å². The number of anilines is 1. The molecule has 3 rings (SSSR count). The minimum atomic E-state index is 0.305. The van der Waals surface area contributed by atoms with Gasteiger partial charge in [0.25, 0.3) is 5.95 Å². The molecule has 19 heavy (non-hydrogen) atoms. The summed E-state index contributed by atoms with van der Waals surface area (Å²) in [4.78, 5) is 12.7. The molecule has 3 heterocycles. The third-order valence-electron chi connectivity index (χ3n) is 2.13. The van der Waals surface area contributed by atoms with Crippen LogP contribution in [0.5, 0.6) is 0 Å². The fourth-order valence-corrected chi connectivity index (χ4v) is 2.97. The van der Waals surface area contributed by atoms with Gasteiger partial charge in [-0.1, -0.05) is 6.07 Å². The van der Waals surface area contributed by atoms with Gasteiger partial charge in [-0.05, 0) is 29.3 Å². The molecule has 9 heteroatoms. The van der Waals surface area contributed by atoms with Gasteiger partial charge in [0.1, 0.15) is 0 Å². The van der Waals surface area contributed by atoms with Crippen molar-refractivity contribution in [1.82, 2.24) is 24.7 Å². The quantitative estimate of drug-likeness (QED) is 0.556. The van der Waals surface area contributed by atoms with E-state index in [1.165, 1.54) is 11.8 Å². The van der Waals surface area contributed by atoms with E-state index in [0.29, 0.717) is 17.1 Å². The zero-order valence-electron chi connectivity index (χ0n) is 9.59. The van der Waals surface area contributed by atoms with E-state index >= 15 is 0 Å². The van der Waals surface area contributed by atoms with Crippen LogP contribution in [0.3, 0.4) is 0 Å². The molecule has 3 N–H and O–H groups in total. The van der Waals surface area contributed by atoms with Crippen molar-refractivity contribution >= 4 is 29.0 Å². The highest BCUT2D eigenvalue weighted by Gasteiger charge is 2.09. The maximum atomic E-state index is 5.38. The Bertz CT molecular complexity index is 651. The largest absolute Gasteiger partial charge is 0.292 e. The lowest BCUT2D eigenvalue weighted by Gasteiger charge is -2.05. The first kappa shape index (κ1) is 12.1. The Morgan fingerprint density at radius 2 is 2.21 bits per heavy atom. The highest BCUT2D eigenvalue weighted by atomic mass is 32.2. The molecule has 0 aromatic carbocycles. The maximum Gasteiger partial charge on any atom is 0.256 e. The molecule has 0 amide bonds. The summed E-state index contributed by atoms with van der Waals surface area (Å²) in [6, 6.07) is 5.78. The molecule has 96 valence electrons. The number of nitrogens with one attached hydrogen (secondary N) is 1. The summed E-state index contributed by atoms with van der Waals surface area (Å²) in [7, 11) is 0. The second kappa shape index (κ2) is 5.34. The molecule has 0 unspecified atom stereocenters. The highest BCUT2D eigenvalue weighted by Crippen LogP contribution is 2.29. The molecule has 0 saturated carbocycles. The van der Waals surface area contributed by atoms with Crippen LogP contribution in [0.4, 0.5) is 5.95 Å². The lowest BCUT2D eigenvalue weighted by Crippen LogP contribution is -2.14. The van der Waals surface area contributed by atoms with Gasteiger partial charge in [0.15, 0.2) is 5.16 Å². The predicted octanol–water partition coefficient (Wildman–Crippen LogP) is 1.56. The van der Waals surface area contributed by atoms with E-state index < -0.39 is 0 Å². The summed E-state index contributed by atoms with van der Waals surface area (Å²) in [6.07, 6.45) is 3.42. The zero-order valence-corrected chi connectivity index (χ0v) is 11.2. The van der Waals surface area contributed by atoms with E-state index in [9.17, 15) is 0 Å². The first-order valence-electron chi connectivity index (χ1n) is 5.29. The fraction of sp³-hybridized carbons (Fsp3) is 0. The number of rotatable bonds is 4. The van der Waals surface area contributed by atoms with Gasteiger partial charge in [0, 0.05) is 12.4 Å². The molecular formula is C10H9N7S2. The Kier molecular flexibility index (Phi) is 3.40. The Hall–Kier alpha value is -1.97. The van der Waals surface area contributed by atoms with Crippen molar-refractivity contribution in [1.29, 1.82) is 0 Å². The Morgan fingerprint density at radius 3 is 2.89 bits per heavy atom. The van der Waals surface area contributed by atoms with E-state index in [2.05, 4.69) is 25.5 Å². The third-order valence-corrected chi connectivity index (χ3v) is 4.03. The number of aromatic nitrogens is 5. The Labute approximate surface area is 116 Å². The monoisotopic (exact) mass is 291 g/mol. The summed E-state index contributed by atoms with van der Waals surface area (Å²) in [5.74, 6) is 6.10. The number of nitrogens with two attached hydrogens (primary N) is 1. The number of hydrogen-bond acceptors (Lipinski definition) is 8. The first-order valence-corrected chi connectivity index (χ1v) is 6.99. The van der Waals surface area contributed by atoms with E-state index in [1.807, 2.05) is 17.5 Å². The summed E-state index contributed by atoms with van der Waals surface area (Å²) < 4.78 is 2.65. The average molecular weight is 291 g/mol. The van der Waals surface area contributed by atoms with Crippen LogP contribution in [0.15, 0.2) is 45.3 Å². The highest BCUT2D eigenvalue weighted by molar-refractivity contribution is 8.01. The second-order valence-electron chi connectivity index (χ2n) is 3.37. The van der Waals surface area contributed by atoms with Crippen molar-refractivity contribution in [2.24, 2.45) is 5.84 Å². The summed E-state index contributed by atoms with van der Waals surface area (Å²) in [6.45, 7) is 0. The van der Waals surface area contributed by atoms with Crippen LogP contribution in [0, 0.1) is 0 Å². The minimum absolute atomic E-state index is 0.305. The number of nitrogens with zero attached hydrogens (tertiary/aromatic N) is 5. The van der Waals surface area contributed by atoms with Crippen LogP contribution in [0.1, 0.15) is 0 Å². The van der Waals surface area contributed by atoms with Gasteiger partial charge in [-0.25, -0.2) is 10.5 Å². The topological polar surface area (TPSA) is 94.5 Å². The fourth-order valence-electron chi connectivity index (χ4n) is 1.36. The smallest absolute Gasteiger partial charge is 0.256 e. The standard InChI is InChI=1S/C10H9N7S2/c11-16-8-13-9(17-5-2-4-12-17)15-10(14-8)19-7-3-1-6-18-7/h1-6H,11H2,(H,13,14,15,16). The van der Waals surface area contributed by atoms with Crippen LogP contribution in [-0.4, -0.2) is 24.7 Å². The maximum absolute atomic E-state index is 5.38. The van der Waals surface area contributed by atoms with Crippen molar-refractivity contribution in [2.45, 2.75) is 9.37 Å². The molecule has 0 aliphatic carbocycles. The van der Waals surface area contributed by atoms with E-state index in [0.717, 1.165) is 4.21 Å². The lowest BCUT2D eigenvalue weighted by molar-refractivity contribution is 0.761. The number of hydrazine groups is 1. The molecule has 0 atom stereocenters. The molecule has 0 fully saturated rings. The molecular weight excluding hydrogens is 282 g/mol. The van der Waals surface area contributed by atoms with Crippen LogP contribution in [0.2, 0.25) is 0 Å². The van der Waals surface area contributed by atoms with E-state index in [4.69, 9.17) is 5.84 Å². The van der Waals surface area contributed by atoms with Crippen molar-refractivity contribution in [3.8, 4) is 5.95 Å². The third kappa shape index (κ3) is 2.72. The minimum Gasteiger partial charge on any atom is -0.292 e. The Balaban J connectivity index is 1.98. The van der Waals surface area contributed by atoms with E-state index in [-0.39, 0.29) is 0 Å². The van der Waals surface area contributed by atoms with Gasteiger partial charge < -0.3 is 0 Å². The molecule has 0 aliphatic rings. The van der Waals surface area contributed by atoms with Crippen molar-refractivity contribution in [2.75, 3.05) is 5.43 Å². The lowest BCUT2D eigenvalue weighted by atomic mass is 10.7. The molecule has 3 aromatic rings. The molecule has 3 aromatic heterocycles. The SMILES string of the molecule is NNc1nc(Sc2cccs2)nc(-n2cccn2)n1. The number of hydrogen-bond donors (Lipinski definition) is 2. The van der Waals surface area contributed by atoms with Gasteiger partial charge in [-0.3, -0.25) is 5.43 Å². The molecule has 0 saturated heterocycles. The van der Waals surface area contributed by atoms with Crippen molar-refractivity contribution in [3.05, 3.63) is 36.0 Å². The van der Waals surface area contributed by atoms with Gasteiger partial charge in [0.2, 0.25) is 5.95 Å². The molecule has 7 nitrogen and oxygen atoms in total. The van der Waals surface area contributed by atoms with E-state index in [1.54, 1.807) is 34.5 Å². The molecule has 0 radical (unpaired) electrons. The molecule has 0 aliphatic heterocycles. The number of nitrogen functional groups attached to an aromatic ring is 1. The van der Waals surface area contributed by atoms with Gasteiger partial charge in [-0.15, -0.1) is 11.3 Å². The van der Waals surface area contributed by atoms with Gasteiger partial charge >= 0.3 is 0 Å². The summed E-state index contributed by atoms with van der Waals surface area (Å²) >= 11 is 3.08. The van der Waals surface area contributed by atoms with Crippen LogP contribution < -0.4 is 11.3 Å². The normalized spacial score (nSPS) is 10.6. The first-order chi connectivity index (χ1) is 9.35. The van der Waals surface area contributed by atoms with Crippen LogP contribution >= 0.6 is 23.1 Å². The average Bonchev–Trinajstić information content (AvgIpc) is 3.11. The zero-order chi connectivity index (χ0) is 13.1. The molecule has 0 spiro atoms. The molecule has 0 bridgehead atoms. The van der Waals surface area contributed by atoms with Crippen LogP contribution in [0.25, 0.3) is 5.95 Å².